The van der Waals surface area contributed by atoms with Crippen LogP contribution in [0.1, 0.15) is 23.2 Å². The first-order chi connectivity index (χ1) is 13.4. The monoisotopic (exact) mass is 388 g/mol. The van der Waals surface area contributed by atoms with Gasteiger partial charge < -0.3 is 25.2 Å². The van der Waals surface area contributed by atoms with Crippen LogP contribution >= 0.6 is 0 Å². The number of ether oxygens (including phenoxy) is 1. The van der Waals surface area contributed by atoms with Crippen molar-refractivity contribution in [1.82, 2.24) is 0 Å². The molecule has 7 heteroatoms. The summed E-state index contributed by atoms with van der Waals surface area (Å²) >= 11 is 0. The number of hydrogen-bond acceptors (Lipinski definition) is 6. The van der Waals surface area contributed by atoms with Gasteiger partial charge in [0.05, 0.1) is 24.2 Å². The van der Waals surface area contributed by atoms with Crippen molar-refractivity contribution in [2.45, 2.75) is 25.0 Å². The number of rotatable bonds is 10. The lowest BCUT2D eigenvalue weighted by Crippen LogP contribution is -2.37. The highest BCUT2D eigenvalue weighted by molar-refractivity contribution is 5.90. The minimum Gasteiger partial charge on any atom is -0.481 e. The number of aliphatic hydroxyl groups excluding tert-OH is 3. The average Bonchev–Trinajstić information content (AvgIpc) is 2.70. The van der Waals surface area contributed by atoms with Crippen molar-refractivity contribution in [2.24, 2.45) is 5.92 Å². The van der Waals surface area contributed by atoms with Gasteiger partial charge in [-0.25, -0.2) is 4.79 Å². The molecule has 0 aliphatic carbocycles. The number of esters is 1. The van der Waals surface area contributed by atoms with Gasteiger partial charge in [0, 0.05) is 12.5 Å². The molecule has 0 heterocycles. The SMILES string of the molecule is O=C(O)C[C@@H](C(O)COC(=O)c1ccc(-c2ccccc2)cc1)[C@@H](O)CCO. The van der Waals surface area contributed by atoms with E-state index in [2.05, 4.69) is 0 Å². The molecule has 0 amide bonds. The van der Waals surface area contributed by atoms with Gasteiger partial charge in [0.15, 0.2) is 0 Å². The van der Waals surface area contributed by atoms with Crippen molar-refractivity contribution >= 4 is 11.9 Å². The maximum Gasteiger partial charge on any atom is 0.338 e. The van der Waals surface area contributed by atoms with Crippen LogP contribution in [0.25, 0.3) is 11.1 Å². The van der Waals surface area contributed by atoms with E-state index in [1.165, 1.54) is 0 Å². The first kappa shape index (κ1) is 21.6. The minimum atomic E-state index is -1.37. The van der Waals surface area contributed by atoms with Crippen LogP contribution in [0.3, 0.4) is 0 Å². The molecule has 28 heavy (non-hydrogen) atoms. The highest BCUT2D eigenvalue weighted by Crippen LogP contribution is 2.21. The fraction of sp³-hybridized carbons (Fsp3) is 0.333. The molecule has 0 saturated carbocycles. The van der Waals surface area contributed by atoms with Gasteiger partial charge in [0.25, 0.3) is 0 Å². The van der Waals surface area contributed by atoms with Gasteiger partial charge in [-0.2, -0.15) is 0 Å². The molecule has 150 valence electrons. The van der Waals surface area contributed by atoms with Crippen molar-refractivity contribution in [3.63, 3.8) is 0 Å². The molecule has 0 saturated heterocycles. The summed E-state index contributed by atoms with van der Waals surface area (Å²) in [5, 5.41) is 37.9. The molecule has 0 radical (unpaired) electrons. The Labute approximate surface area is 162 Å². The van der Waals surface area contributed by atoms with Crippen molar-refractivity contribution in [3.05, 3.63) is 60.2 Å². The zero-order valence-electron chi connectivity index (χ0n) is 15.3. The average molecular weight is 388 g/mol. The molecule has 2 aromatic carbocycles. The second-order valence-electron chi connectivity index (χ2n) is 6.45. The summed E-state index contributed by atoms with van der Waals surface area (Å²) < 4.78 is 5.07. The number of hydrogen-bond donors (Lipinski definition) is 4. The lowest BCUT2D eigenvalue weighted by molar-refractivity contribution is -0.141. The van der Waals surface area contributed by atoms with E-state index in [-0.39, 0.29) is 18.6 Å². The van der Waals surface area contributed by atoms with Gasteiger partial charge in [-0.1, -0.05) is 42.5 Å². The van der Waals surface area contributed by atoms with Crippen LogP contribution in [0.5, 0.6) is 0 Å². The Hall–Kier alpha value is -2.74. The van der Waals surface area contributed by atoms with E-state index in [9.17, 15) is 19.8 Å². The smallest absolute Gasteiger partial charge is 0.338 e. The van der Waals surface area contributed by atoms with E-state index >= 15 is 0 Å². The third kappa shape index (κ3) is 6.16. The quantitative estimate of drug-likeness (QED) is 0.457. The predicted molar refractivity (Wildman–Crippen MR) is 102 cm³/mol. The fourth-order valence-corrected chi connectivity index (χ4v) is 2.87. The predicted octanol–water partition coefficient (Wildman–Crippen LogP) is 1.71. The summed E-state index contributed by atoms with van der Waals surface area (Å²) in [5.74, 6) is -2.92. The van der Waals surface area contributed by atoms with Crippen LogP contribution in [0, 0.1) is 5.92 Å². The third-order valence-corrected chi connectivity index (χ3v) is 4.44. The molecule has 0 fully saturated rings. The van der Waals surface area contributed by atoms with Gasteiger partial charge in [0.1, 0.15) is 6.61 Å². The normalized spacial score (nSPS) is 14.1. The fourth-order valence-electron chi connectivity index (χ4n) is 2.87. The van der Waals surface area contributed by atoms with E-state index in [0.29, 0.717) is 0 Å². The highest BCUT2D eigenvalue weighted by Gasteiger charge is 2.30. The molecule has 2 rings (SSSR count). The van der Waals surface area contributed by atoms with E-state index < -0.39 is 43.1 Å². The number of carboxylic acid groups (broad SMARTS) is 1. The lowest BCUT2D eigenvalue weighted by atomic mass is 9.91. The van der Waals surface area contributed by atoms with Crippen molar-refractivity contribution in [1.29, 1.82) is 0 Å². The number of aliphatic hydroxyl groups is 3. The lowest BCUT2D eigenvalue weighted by Gasteiger charge is -2.25. The third-order valence-electron chi connectivity index (χ3n) is 4.44. The number of benzene rings is 2. The number of carboxylic acids is 1. The van der Waals surface area contributed by atoms with Gasteiger partial charge in [0.2, 0.25) is 0 Å². The van der Waals surface area contributed by atoms with Crippen LogP contribution in [-0.4, -0.2) is 57.8 Å². The van der Waals surface area contributed by atoms with E-state index in [1.807, 2.05) is 30.3 Å². The molecule has 4 N–H and O–H groups in total. The standard InChI is InChI=1S/C21H24O7/c22-11-10-18(23)17(12-20(25)26)19(24)13-28-21(27)16-8-6-15(7-9-16)14-4-2-1-3-5-14/h1-9,17-19,22-24H,10-13H2,(H,25,26)/t17-,18+,19?/m1/s1. The summed E-state index contributed by atoms with van der Waals surface area (Å²) in [4.78, 5) is 23.1. The summed E-state index contributed by atoms with van der Waals surface area (Å²) in [6.07, 6.45) is -3.18. The zero-order valence-corrected chi connectivity index (χ0v) is 15.3. The maximum absolute atomic E-state index is 12.2. The molecule has 1 unspecified atom stereocenters. The maximum atomic E-state index is 12.2. The summed E-state index contributed by atoms with van der Waals surface area (Å²) in [6, 6.07) is 16.4. The molecular weight excluding hydrogens is 364 g/mol. The Balaban J connectivity index is 1.96. The molecule has 7 nitrogen and oxygen atoms in total. The van der Waals surface area contributed by atoms with Gasteiger partial charge >= 0.3 is 11.9 Å². The van der Waals surface area contributed by atoms with Crippen LogP contribution < -0.4 is 0 Å². The number of aliphatic carboxylic acids is 1. The van der Waals surface area contributed by atoms with Crippen LogP contribution in [0.4, 0.5) is 0 Å². The molecule has 3 atom stereocenters. The topological polar surface area (TPSA) is 124 Å². The molecule has 0 bridgehead atoms. The van der Waals surface area contributed by atoms with Crippen molar-refractivity contribution in [2.75, 3.05) is 13.2 Å². The molecule has 0 aromatic heterocycles. The largest absolute Gasteiger partial charge is 0.481 e. The van der Waals surface area contributed by atoms with E-state index in [1.54, 1.807) is 24.3 Å². The van der Waals surface area contributed by atoms with Gasteiger partial charge in [-0.15, -0.1) is 0 Å². The minimum absolute atomic E-state index is 0.0795. The summed E-state index contributed by atoms with van der Waals surface area (Å²) in [6.45, 7) is -0.808. The number of carbonyl (C=O) groups excluding carboxylic acids is 1. The van der Waals surface area contributed by atoms with Crippen LogP contribution in [-0.2, 0) is 9.53 Å². The molecule has 0 spiro atoms. The van der Waals surface area contributed by atoms with E-state index in [4.69, 9.17) is 14.9 Å². The second kappa shape index (κ2) is 10.6. The second-order valence-corrected chi connectivity index (χ2v) is 6.45. The Kier molecular flexibility index (Phi) is 8.13. The molecular formula is C21H24O7. The Bertz CT molecular complexity index is 758. The summed E-state index contributed by atoms with van der Waals surface area (Å²) in [5.41, 5.74) is 2.23. The Morgan fingerprint density at radius 2 is 1.50 bits per heavy atom. The Morgan fingerprint density at radius 1 is 0.893 bits per heavy atom. The van der Waals surface area contributed by atoms with Gasteiger partial charge in [-0.05, 0) is 29.7 Å². The van der Waals surface area contributed by atoms with Crippen LogP contribution in [0.2, 0.25) is 0 Å². The zero-order chi connectivity index (χ0) is 20.5. The van der Waals surface area contributed by atoms with E-state index in [0.717, 1.165) is 11.1 Å². The van der Waals surface area contributed by atoms with Crippen molar-refractivity contribution in [3.8, 4) is 11.1 Å². The first-order valence-electron chi connectivity index (χ1n) is 8.93. The van der Waals surface area contributed by atoms with Crippen molar-refractivity contribution < 1.29 is 34.8 Å². The molecule has 0 aliphatic heterocycles. The molecule has 0 aliphatic rings. The van der Waals surface area contributed by atoms with Crippen LogP contribution in [0.15, 0.2) is 54.6 Å². The van der Waals surface area contributed by atoms with Gasteiger partial charge in [-0.3, -0.25) is 4.79 Å². The number of carbonyl (C=O) groups is 2. The summed E-state index contributed by atoms with van der Waals surface area (Å²) in [7, 11) is 0. The highest BCUT2D eigenvalue weighted by atomic mass is 16.5. The Morgan fingerprint density at radius 3 is 2.07 bits per heavy atom. The molecule has 2 aromatic rings. The first-order valence-corrected chi connectivity index (χ1v) is 8.93.